The fraction of sp³-hybridized carbons (Fsp3) is 0.0270. The molecule has 0 unspecified atom stereocenters. The molecule has 6 aromatic rings. The number of allylic oxidation sites excluding steroid dienone is 1. The summed E-state index contributed by atoms with van der Waals surface area (Å²) in [5.41, 5.74) is 8.54. The molecule has 0 fully saturated rings. The van der Waals surface area contributed by atoms with E-state index in [4.69, 9.17) is 4.99 Å². The van der Waals surface area contributed by atoms with E-state index in [9.17, 15) is 0 Å². The smallest absolute Gasteiger partial charge is 0.115 e. The molecule has 198 valence electrons. The van der Waals surface area contributed by atoms with Crippen LogP contribution in [0.25, 0.3) is 32.9 Å². The van der Waals surface area contributed by atoms with Gasteiger partial charge in [-0.25, -0.2) is 0 Å². The van der Waals surface area contributed by atoms with Gasteiger partial charge in [0.25, 0.3) is 0 Å². The SMILES string of the molecule is C=N/C(=C/Nc1ccccc1)C(=C)/C(=N\Cn1c2ccccc2c2ccccc21)c1cccc(-c2ccccc2)c1. The molecule has 0 aliphatic carbocycles. The highest BCUT2D eigenvalue weighted by Gasteiger charge is 2.15. The van der Waals surface area contributed by atoms with E-state index in [1.165, 1.54) is 10.8 Å². The largest absolute Gasteiger partial charge is 0.360 e. The second kappa shape index (κ2) is 11.7. The summed E-state index contributed by atoms with van der Waals surface area (Å²) < 4.78 is 2.26. The van der Waals surface area contributed by atoms with Crippen LogP contribution in [-0.2, 0) is 6.67 Å². The molecule has 0 aliphatic rings. The first-order valence-corrected chi connectivity index (χ1v) is 13.6. The lowest BCUT2D eigenvalue weighted by Crippen LogP contribution is -2.10. The lowest BCUT2D eigenvalue weighted by Gasteiger charge is -2.14. The first-order valence-electron chi connectivity index (χ1n) is 13.6. The number of hydrogen-bond acceptors (Lipinski definition) is 3. The Morgan fingerprint density at radius 1 is 0.683 bits per heavy atom. The van der Waals surface area contributed by atoms with Gasteiger partial charge in [0.1, 0.15) is 6.67 Å². The van der Waals surface area contributed by atoms with Crippen LogP contribution in [0.4, 0.5) is 5.69 Å². The molecule has 0 radical (unpaired) electrons. The van der Waals surface area contributed by atoms with Gasteiger partial charge in [-0.05, 0) is 48.2 Å². The van der Waals surface area contributed by atoms with Crippen LogP contribution < -0.4 is 5.32 Å². The zero-order valence-corrected chi connectivity index (χ0v) is 22.7. The number of nitrogens with zero attached hydrogens (tertiary/aromatic N) is 3. The minimum atomic E-state index is 0.425. The molecular formula is C37H30N4. The quantitative estimate of drug-likeness (QED) is 0.147. The molecule has 6 rings (SSSR count). The van der Waals surface area contributed by atoms with Crippen molar-refractivity contribution in [2.24, 2.45) is 9.98 Å². The molecule has 0 saturated heterocycles. The molecule has 4 heteroatoms. The Labute approximate surface area is 240 Å². The predicted octanol–water partition coefficient (Wildman–Crippen LogP) is 9.12. The Morgan fingerprint density at radius 3 is 1.93 bits per heavy atom. The second-order valence-corrected chi connectivity index (χ2v) is 9.73. The van der Waals surface area contributed by atoms with Gasteiger partial charge in [0.2, 0.25) is 0 Å². The number of hydrogen-bond donors (Lipinski definition) is 1. The molecular weight excluding hydrogens is 500 g/mol. The summed E-state index contributed by atoms with van der Waals surface area (Å²) >= 11 is 0. The number of para-hydroxylation sites is 3. The number of rotatable bonds is 9. The number of nitrogens with one attached hydrogen (secondary N) is 1. The van der Waals surface area contributed by atoms with Crippen LogP contribution in [-0.4, -0.2) is 17.0 Å². The van der Waals surface area contributed by atoms with Crippen LogP contribution in [0.5, 0.6) is 0 Å². The molecule has 1 N–H and O–H groups in total. The molecule has 0 aliphatic heterocycles. The van der Waals surface area contributed by atoms with Crippen molar-refractivity contribution in [3.8, 4) is 11.1 Å². The molecule has 0 atom stereocenters. The van der Waals surface area contributed by atoms with Gasteiger partial charge in [0.05, 0.1) is 22.4 Å². The van der Waals surface area contributed by atoms with Crippen molar-refractivity contribution in [1.82, 2.24) is 4.57 Å². The van der Waals surface area contributed by atoms with E-state index in [1.54, 1.807) is 0 Å². The fourth-order valence-corrected chi connectivity index (χ4v) is 5.17. The van der Waals surface area contributed by atoms with E-state index >= 15 is 0 Å². The van der Waals surface area contributed by atoms with E-state index in [0.717, 1.165) is 39.1 Å². The van der Waals surface area contributed by atoms with Gasteiger partial charge in [0.15, 0.2) is 0 Å². The summed E-state index contributed by atoms with van der Waals surface area (Å²) in [7, 11) is 0. The molecule has 1 aromatic heterocycles. The standard InChI is InChI=1S/C37H30N4/c1-27(34(38-2)25-39-31-18-7-4-8-19-31)37(30-17-13-16-29(24-30)28-14-5-3-6-15-28)40-26-41-35-22-11-9-20-32(35)33-21-10-12-23-36(33)41/h3-25,39H,1-2,26H2/b34-25+,40-37+. The number of aromatic nitrogens is 1. The van der Waals surface area contributed by atoms with Gasteiger partial charge < -0.3 is 9.88 Å². The topological polar surface area (TPSA) is 41.7 Å². The fourth-order valence-electron chi connectivity index (χ4n) is 5.17. The van der Waals surface area contributed by atoms with Gasteiger partial charge >= 0.3 is 0 Å². The normalized spacial score (nSPS) is 12.0. The molecule has 4 nitrogen and oxygen atoms in total. The lowest BCUT2D eigenvalue weighted by atomic mass is 9.97. The number of anilines is 1. The summed E-state index contributed by atoms with van der Waals surface area (Å²) in [6, 6.07) is 45.7. The zero-order valence-electron chi connectivity index (χ0n) is 22.7. The molecule has 0 spiro atoms. The second-order valence-electron chi connectivity index (χ2n) is 9.73. The van der Waals surface area contributed by atoms with Crippen molar-refractivity contribution >= 4 is 39.9 Å². The number of fused-ring (bicyclic) bond motifs is 3. The summed E-state index contributed by atoms with van der Waals surface area (Å²) in [5, 5.41) is 5.75. The Morgan fingerprint density at radius 2 is 1.27 bits per heavy atom. The average Bonchev–Trinajstić information content (AvgIpc) is 3.36. The third-order valence-electron chi connectivity index (χ3n) is 7.21. The van der Waals surface area contributed by atoms with E-state index in [2.05, 4.69) is 125 Å². The Bertz CT molecular complexity index is 1860. The predicted molar refractivity (Wildman–Crippen MR) is 175 cm³/mol. The first-order chi connectivity index (χ1) is 20.2. The molecule has 41 heavy (non-hydrogen) atoms. The van der Waals surface area contributed by atoms with E-state index < -0.39 is 0 Å². The van der Waals surface area contributed by atoms with Gasteiger partial charge in [-0.2, -0.15) is 0 Å². The van der Waals surface area contributed by atoms with Crippen molar-refractivity contribution < 1.29 is 0 Å². The lowest BCUT2D eigenvalue weighted by molar-refractivity contribution is 0.793. The van der Waals surface area contributed by atoms with Crippen LogP contribution in [0.15, 0.2) is 167 Å². The maximum Gasteiger partial charge on any atom is 0.115 e. The van der Waals surface area contributed by atoms with Gasteiger partial charge in [0, 0.05) is 33.8 Å². The summed E-state index contributed by atoms with van der Waals surface area (Å²) in [6.45, 7) is 8.73. The van der Waals surface area contributed by atoms with Crippen LogP contribution in [0, 0.1) is 0 Å². The monoisotopic (exact) mass is 530 g/mol. The molecule has 0 amide bonds. The van der Waals surface area contributed by atoms with Crippen LogP contribution in [0.1, 0.15) is 5.56 Å². The Kier molecular flexibility index (Phi) is 7.37. The summed E-state index contributed by atoms with van der Waals surface area (Å²) in [4.78, 5) is 9.56. The Balaban J connectivity index is 1.45. The molecule has 0 bridgehead atoms. The van der Waals surface area contributed by atoms with E-state index in [0.29, 0.717) is 17.9 Å². The zero-order chi connectivity index (χ0) is 28.0. The van der Waals surface area contributed by atoms with Crippen molar-refractivity contribution in [3.05, 3.63) is 163 Å². The first kappa shape index (κ1) is 25.8. The van der Waals surface area contributed by atoms with Crippen LogP contribution in [0.3, 0.4) is 0 Å². The van der Waals surface area contributed by atoms with Crippen LogP contribution >= 0.6 is 0 Å². The third-order valence-corrected chi connectivity index (χ3v) is 7.21. The number of aliphatic imine (C=N–C) groups is 2. The summed E-state index contributed by atoms with van der Waals surface area (Å²) in [6.07, 6.45) is 1.84. The Hall–Kier alpha value is -5.48. The van der Waals surface area contributed by atoms with Crippen molar-refractivity contribution in [3.63, 3.8) is 0 Å². The third kappa shape index (κ3) is 5.36. The van der Waals surface area contributed by atoms with E-state index in [1.807, 2.05) is 42.6 Å². The number of benzene rings is 5. The highest BCUT2D eigenvalue weighted by molar-refractivity contribution is 6.15. The summed E-state index contributed by atoms with van der Waals surface area (Å²) in [5.74, 6) is 0. The average molecular weight is 531 g/mol. The highest BCUT2D eigenvalue weighted by Crippen LogP contribution is 2.29. The molecule has 1 heterocycles. The highest BCUT2D eigenvalue weighted by atomic mass is 15.1. The maximum atomic E-state index is 5.22. The molecule has 5 aromatic carbocycles. The van der Waals surface area contributed by atoms with Gasteiger partial charge in [-0.1, -0.05) is 110 Å². The van der Waals surface area contributed by atoms with Crippen molar-refractivity contribution in [2.45, 2.75) is 6.67 Å². The van der Waals surface area contributed by atoms with Crippen molar-refractivity contribution in [1.29, 1.82) is 0 Å². The maximum absolute atomic E-state index is 5.22. The molecule has 0 saturated carbocycles. The minimum Gasteiger partial charge on any atom is -0.360 e. The van der Waals surface area contributed by atoms with Gasteiger partial charge in [-0.15, -0.1) is 0 Å². The van der Waals surface area contributed by atoms with Crippen LogP contribution in [0.2, 0.25) is 0 Å². The van der Waals surface area contributed by atoms with Gasteiger partial charge in [-0.3, -0.25) is 9.98 Å². The minimum absolute atomic E-state index is 0.425. The van der Waals surface area contributed by atoms with Crippen molar-refractivity contribution in [2.75, 3.05) is 5.32 Å². The van der Waals surface area contributed by atoms with E-state index in [-0.39, 0.29) is 0 Å².